The monoisotopic (exact) mass is 276 g/mol. The van der Waals surface area contributed by atoms with Crippen LogP contribution in [0.3, 0.4) is 0 Å². The Balaban J connectivity index is 1.70. The number of H-pyrrole nitrogens is 1. The second kappa shape index (κ2) is 5.26. The summed E-state index contributed by atoms with van der Waals surface area (Å²) in [7, 11) is 0. The van der Waals surface area contributed by atoms with Crippen molar-refractivity contribution in [3.8, 4) is 0 Å². The number of aryl methyl sites for hydroxylation is 1. The van der Waals surface area contributed by atoms with Gasteiger partial charge in [0.2, 0.25) is 11.9 Å². The number of hydrogen-bond donors (Lipinski definition) is 1. The Hall–Kier alpha value is -1.85. The first-order valence-electron chi connectivity index (χ1n) is 7.25. The first kappa shape index (κ1) is 13.1. The van der Waals surface area contributed by atoms with E-state index in [0.29, 0.717) is 18.4 Å². The predicted octanol–water partition coefficient (Wildman–Crippen LogP) is 0.527. The second-order valence-electron chi connectivity index (χ2n) is 5.65. The van der Waals surface area contributed by atoms with Gasteiger partial charge in [-0.05, 0) is 26.2 Å². The smallest absolute Gasteiger partial charge is 0.252 e. The van der Waals surface area contributed by atoms with Crippen molar-refractivity contribution in [3.05, 3.63) is 22.1 Å². The highest BCUT2D eigenvalue weighted by atomic mass is 16.2. The van der Waals surface area contributed by atoms with Gasteiger partial charge >= 0.3 is 0 Å². The van der Waals surface area contributed by atoms with Crippen LogP contribution < -0.4 is 10.5 Å². The van der Waals surface area contributed by atoms with Crippen molar-refractivity contribution < 1.29 is 4.79 Å². The Bertz CT molecular complexity index is 565. The van der Waals surface area contributed by atoms with Gasteiger partial charge in [0.1, 0.15) is 0 Å². The number of amides is 1. The maximum absolute atomic E-state index is 12.1. The van der Waals surface area contributed by atoms with Crippen LogP contribution in [0.5, 0.6) is 0 Å². The lowest BCUT2D eigenvalue weighted by atomic mass is 10.3. The zero-order valence-electron chi connectivity index (χ0n) is 11.8. The van der Waals surface area contributed by atoms with Crippen molar-refractivity contribution in [3.63, 3.8) is 0 Å². The number of nitrogens with zero attached hydrogens (tertiary/aromatic N) is 3. The van der Waals surface area contributed by atoms with Crippen LogP contribution in [0, 0.1) is 12.8 Å². The quantitative estimate of drug-likeness (QED) is 0.855. The lowest BCUT2D eigenvalue weighted by Gasteiger charge is -2.22. The van der Waals surface area contributed by atoms with Crippen molar-refractivity contribution in [2.75, 3.05) is 31.1 Å². The summed E-state index contributed by atoms with van der Waals surface area (Å²) in [5.41, 5.74) is 0.599. The summed E-state index contributed by atoms with van der Waals surface area (Å²) in [4.78, 5) is 34.8. The van der Waals surface area contributed by atoms with Gasteiger partial charge in [0.05, 0.1) is 0 Å². The molecule has 0 atom stereocenters. The fourth-order valence-electron chi connectivity index (χ4n) is 2.65. The van der Waals surface area contributed by atoms with Crippen molar-refractivity contribution in [1.82, 2.24) is 14.9 Å². The van der Waals surface area contributed by atoms with E-state index in [2.05, 4.69) is 14.9 Å². The van der Waals surface area contributed by atoms with E-state index in [-0.39, 0.29) is 11.5 Å². The fourth-order valence-corrected chi connectivity index (χ4v) is 2.65. The van der Waals surface area contributed by atoms with Gasteiger partial charge in [-0.1, -0.05) is 0 Å². The molecule has 0 radical (unpaired) electrons. The molecule has 108 valence electrons. The lowest BCUT2D eigenvalue weighted by Crippen LogP contribution is -2.36. The Morgan fingerprint density at radius 1 is 1.30 bits per heavy atom. The van der Waals surface area contributed by atoms with E-state index in [0.717, 1.165) is 44.6 Å². The van der Waals surface area contributed by atoms with Gasteiger partial charge in [-0.15, -0.1) is 0 Å². The maximum Gasteiger partial charge on any atom is 0.252 e. The second-order valence-corrected chi connectivity index (χ2v) is 5.65. The van der Waals surface area contributed by atoms with Crippen LogP contribution in [0.25, 0.3) is 0 Å². The number of aromatic amines is 1. The number of rotatable bonds is 2. The van der Waals surface area contributed by atoms with Gasteiger partial charge in [-0.25, -0.2) is 4.98 Å². The molecule has 1 saturated carbocycles. The molecule has 6 nitrogen and oxygen atoms in total. The predicted molar refractivity (Wildman–Crippen MR) is 75.7 cm³/mol. The van der Waals surface area contributed by atoms with Crippen LogP contribution in [0.2, 0.25) is 0 Å². The molecule has 1 amide bonds. The molecule has 20 heavy (non-hydrogen) atoms. The summed E-state index contributed by atoms with van der Waals surface area (Å²) in [5.74, 6) is 1.20. The Kier molecular flexibility index (Phi) is 3.46. The highest BCUT2D eigenvalue weighted by Crippen LogP contribution is 2.31. The zero-order chi connectivity index (χ0) is 14.1. The van der Waals surface area contributed by atoms with E-state index >= 15 is 0 Å². The Morgan fingerprint density at radius 3 is 2.80 bits per heavy atom. The van der Waals surface area contributed by atoms with Gasteiger partial charge < -0.3 is 9.80 Å². The van der Waals surface area contributed by atoms with E-state index in [1.54, 1.807) is 0 Å². The molecule has 0 bridgehead atoms. The third-order valence-electron chi connectivity index (χ3n) is 3.89. The van der Waals surface area contributed by atoms with E-state index in [4.69, 9.17) is 0 Å². The lowest BCUT2D eigenvalue weighted by molar-refractivity contribution is -0.132. The molecule has 3 rings (SSSR count). The van der Waals surface area contributed by atoms with Crippen molar-refractivity contribution >= 4 is 11.9 Å². The average molecular weight is 276 g/mol. The largest absolute Gasteiger partial charge is 0.341 e. The molecule has 1 aromatic heterocycles. The number of anilines is 1. The van der Waals surface area contributed by atoms with Gasteiger partial charge in [0.15, 0.2) is 0 Å². The Labute approximate surface area is 117 Å². The maximum atomic E-state index is 12.1. The molecule has 1 aliphatic heterocycles. The highest BCUT2D eigenvalue weighted by Gasteiger charge is 2.34. The molecular weight excluding hydrogens is 256 g/mol. The van der Waals surface area contributed by atoms with E-state index in [1.165, 1.54) is 6.07 Å². The molecule has 2 aliphatic rings. The minimum Gasteiger partial charge on any atom is -0.341 e. The number of nitrogens with one attached hydrogen (secondary N) is 1. The SMILES string of the molecule is Cc1cc(=O)[nH]c(N2CCCN(C(=O)C3CC3)CC2)n1. The minimum absolute atomic E-state index is 0.123. The summed E-state index contributed by atoms with van der Waals surface area (Å²) in [6, 6.07) is 1.49. The molecule has 1 aromatic rings. The normalized spacial score (nSPS) is 19.9. The number of carbonyl (C=O) groups excluding carboxylic acids is 1. The summed E-state index contributed by atoms with van der Waals surface area (Å²) in [5, 5.41) is 0. The van der Waals surface area contributed by atoms with Crippen LogP contribution in [0.15, 0.2) is 10.9 Å². The van der Waals surface area contributed by atoms with Crippen LogP contribution in [0.4, 0.5) is 5.95 Å². The van der Waals surface area contributed by atoms with E-state index < -0.39 is 0 Å². The molecule has 1 saturated heterocycles. The number of aromatic nitrogens is 2. The molecule has 2 fully saturated rings. The third kappa shape index (κ3) is 2.84. The molecule has 0 unspecified atom stereocenters. The Morgan fingerprint density at radius 2 is 2.10 bits per heavy atom. The third-order valence-corrected chi connectivity index (χ3v) is 3.89. The first-order chi connectivity index (χ1) is 9.63. The van der Waals surface area contributed by atoms with Gasteiger partial charge in [-0.2, -0.15) is 0 Å². The van der Waals surface area contributed by atoms with Crippen molar-refractivity contribution in [2.24, 2.45) is 5.92 Å². The first-order valence-corrected chi connectivity index (χ1v) is 7.25. The topological polar surface area (TPSA) is 69.3 Å². The molecule has 2 heterocycles. The fraction of sp³-hybridized carbons (Fsp3) is 0.643. The van der Waals surface area contributed by atoms with Gasteiger partial charge in [0.25, 0.3) is 5.56 Å². The van der Waals surface area contributed by atoms with Crippen LogP contribution in [0.1, 0.15) is 25.0 Å². The van der Waals surface area contributed by atoms with Gasteiger partial charge in [-0.3, -0.25) is 14.6 Å². The van der Waals surface area contributed by atoms with E-state index in [9.17, 15) is 9.59 Å². The van der Waals surface area contributed by atoms with Crippen LogP contribution >= 0.6 is 0 Å². The van der Waals surface area contributed by atoms with Crippen molar-refractivity contribution in [2.45, 2.75) is 26.2 Å². The summed E-state index contributed by atoms with van der Waals surface area (Å²) in [6.07, 6.45) is 3.01. The average Bonchev–Trinajstić information content (AvgIpc) is 3.23. The van der Waals surface area contributed by atoms with Crippen molar-refractivity contribution in [1.29, 1.82) is 0 Å². The summed E-state index contributed by atoms with van der Waals surface area (Å²) < 4.78 is 0. The summed E-state index contributed by atoms with van der Waals surface area (Å²) >= 11 is 0. The van der Waals surface area contributed by atoms with Gasteiger partial charge in [0, 0.05) is 43.9 Å². The van der Waals surface area contributed by atoms with Crippen LogP contribution in [-0.2, 0) is 4.79 Å². The number of hydrogen-bond acceptors (Lipinski definition) is 4. The zero-order valence-corrected chi connectivity index (χ0v) is 11.8. The highest BCUT2D eigenvalue weighted by molar-refractivity contribution is 5.81. The van der Waals surface area contributed by atoms with E-state index in [1.807, 2.05) is 11.8 Å². The summed E-state index contributed by atoms with van der Waals surface area (Å²) in [6.45, 7) is 4.89. The molecule has 1 N–H and O–H groups in total. The molecule has 0 aromatic carbocycles. The van der Waals surface area contributed by atoms with Crippen LogP contribution in [-0.4, -0.2) is 47.0 Å². The standard InChI is InChI=1S/C14H20N4O2/c1-10-9-12(19)16-14(15-10)18-6-2-5-17(7-8-18)13(20)11-3-4-11/h9,11H,2-8H2,1H3,(H,15,16,19). The molecule has 0 spiro atoms. The number of carbonyl (C=O) groups is 1. The molecule has 6 heteroatoms. The minimum atomic E-state index is -0.123. The molecule has 1 aliphatic carbocycles. The molecular formula is C14H20N4O2.